The number of hydrogen-bond acceptors (Lipinski definition) is 3. The third-order valence-electron chi connectivity index (χ3n) is 4.29. The molecule has 0 radical (unpaired) electrons. The van der Waals surface area contributed by atoms with Crippen molar-refractivity contribution in [1.29, 1.82) is 0 Å². The van der Waals surface area contributed by atoms with Gasteiger partial charge in [-0.15, -0.1) is 0 Å². The average molecular weight is 271 g/mol. The Labute approximate surface area is 114 Å². The lowest BCUT2D eigenvalue weighted by atomic mass is 9.94. The van der Waals surface area contributed by atoms with Crippen LogP contribution in [0.4, 0.5) is 0 Å². The normalized spacial score (nSPS) is 28.1. The summed E-state index contributed by atoms with van der Waals surface area (Å²) in [5.74, 6) is -1.47. The van der Waals surface area contributed by atoms with Crippen LogP contribution in [0.25, 0.3) is 0 Å². The number of ether oxygens (including phenoxy) is 1. The minimum Gasteiger partial charge on any atom is -0.481 e. The van der Waals surface area contributed by atoms with Crippen LogP contribution in [0, 0.1) is 17.8 Å². The molecule has 1 amide bonds. The number of amides is 1. The van der Waals surface area contributed by atoms with E-state index < -0.39 is 11.9 Å². The molecule has 1 fully saturated rings. The predicted molar refractivity (Wildman–Crippen MR) is 71.7 cm³/mol. The van der Waals surface area contributed by atoms with Crippen LogP contribution in [-0.4, -0.2) is 48.7 Å². The Bertz CT molecular complexity index is 331. The van der Waals surface area contributed by atoms with Gasteiger partial charge in [-0.2, -0.15) is 0 Å². The van der Waals surface area contributed by atoms with Crippen molar-refractivity contribution in [2.45, 2.75) is 39.2 Å². The van der Waals surface area contributed by atoms with E-state index in [2.05, 4.69) is 0 Å². The van der Waals surface area contributed by atoms with Crippen LogP contribution in [0.15, 0.2) is 0 Å². The number of nitrogens with zero attached hydrogens (tertiary/aromatic N) is 1. The molecule has 2 unspecified atom stereocenters. The van der Waals surface area contributed by atoms with E-state index in [0.29, 0.717) is 25.4 Å². The highest BCUT2D eigenvalue weighted by molar-refractivity contribution is 5.85. The fourth-order valence-corrected chi connectivity index (χ4v) is 2.85. The Morgan fingerprint density at radius 3 is 2.42 bits per heavy atom. The smallest absolute Gasteiger partial charge is 0.307 e. The Kier molecular flexibility index (Phi) is 5.79. The van der Waals surface area contributed by atoms with Crippen LogP contribution in [0.3, 0.4) is 0 Å². The zero-order valence-corrected chi connectivity index (χ0v) is 12.3. The van der Waals surface area contributed by atoms with Crippen molar-refractivity contribution in [3.8, 4) is 0 Å². The lowest BCUT2D eigenvalue weighted by molar-refractivity contribution is -0.149. The van der Waals surface area contributed by atoms with E-state index in [9.17, 15) is 14.7 Å². The summed E-state index contributed by atoms with van der Waals surface area (Å²) >= 11 is 0. The molecule has 19 heavy (non-hydrogen) atoms. The van der Waals surface area contributed by atoms with Gasteiger partial charge in [-0.25, -0.2) is 0 Å². The van der Waals surface area contributed by atoms with Crippen LogP contribution in [0.5, 0.6) is 0 Å². The molecule has 1 N–H and O–H groups in total. The second kappa shape index (κ2) is 6.89. The van der Waals surface area contributed by atoms with E-state index in [4.69, 9.17) is 4.74 Å². The van der Waals surface area contributed by atoms with Gasteiger partial charge in [0.15, 0.2) is 0 Å². The summed E-state index contributed by atoms with van der Waals surface area (Å²) in [6.45, 7) is 4.42. The first-order chi connectivity index (χ1) is 8.92. The predicted octanol–water partition coefficient (Wildman–Crippen LogP) is 1.62. The van der Waals surface area contributed by atoms with Crippen LogP contribution in [0.2, 0.25) is 0 Å². The number of likely N-dealkylation sites (N-methyl/N-ethyl adjacent to an activating group) is 1. The van der Waals surface area contributed by atoms with Gasteiger partial charge in [0.2, 0.25) is 5.91 Å². The molecule has 0 spiro atoms. The molecule has 1 aliphatic rings. The maximum Gasteiger partial charge on any atom is 0.307 e. The van der Waals surface area contributed by atoms with Gasteiger partial charge in [0.1, 0.15) is 0 Å². The number of carbonyl (C=O) groups excluding carboxylic acids is 1. The number of carboxylic acids is 1. The van der Waals surface area contributed by atoms with Crippen LogP contribution >= 0.6 is 0 Å². The van der Waals surface area contributed by atoms with Gasteiger partial charge in [-0.05, 0) is 25.7 Å². The Morgan fingerprint density at radius 2 is 1.95 bits per heavy atom. The summed E-state index contributed by atoms with van der Waals surface area (Å²) < 4.78 is 5.04. The van der Waals surface area contributed by atoms with Crippen LogP contribution in [0.1, 0.15) is 33.1 Å². The highest BCUT2D eigenvalue weighted by Crippen LogP contribution is 2.39. The molecule has 4 atom stereocenters. The van der Waals surface area contributed by atoms with Gasteiger partial charge in [0, 0.05) is 14.2 Å². The maximum atomic E-state index is 12.4. The minimum absolute atomic E-state index is 0.0346. The van der Waals surface area contributed by atoms with E-state index in [1.807, 2.05) is 13.8 Å². The van der Waals surface area contributed by atoms with Crippen molar-refractivity contribution in [1.82, 2.24) is 4.90 Å². The first-order valence-electron chi connectivity index (χ1n) is 6.90. The molecule has 5 nitrogen and oxygen atoms in total. The minimum atomic E-state index is -0.845. The molecular formula is C14H25NO4. The first-order valence-corrected chi connectivity index (χ1v) is 6.90. The van der Waals surface area contributed by atoms with E-state index in [0.717, 1.165) is 6.42 Å². The summed E-state index contributed by atoms with van der Waals surface area (Å²) in [5.41, 5.74) is 0. The number of rotatable bonds is 6. The van der Waals surface area contributed by atoms with Gasteiger partial charge >= 0.3 is 5.97 Å². The fourth-order valence-electron chi connectivity index (χ4n) is 2.85. The fraction of sp³-hybridized carbons (Fsp3) is 0.857. The summed E-state index contributed by atoms with van der Waals surface area (Å²) in [4.78, 5) is 25.4. The van der Waals surface area contributed by atoms with Crippen LogP contribution < -0.4 is 0 Å². The van der Waals surface area contributed by atoms with Crippen molar-refractivity contribution in [3.05, 3.63) is 0 Å². The maximum absolute atomic E-state index is 12.4. The van der Waals surface area contributed by atoms with Crippen molar-refractivity contribution in [2.75, 3.05) is 20.8 Å². The lowest BCUT2D eigenvalue weighted by Crippen LogP contribution is -2.43. The summed E-state index contributed by atoms with van der Waals surface area (Å²) in [6.07, 6.45) is 2.25. The van der Waals surface area contributed by atoms with Crippen molar-refractivity contribution >= 4 is 11.9 Å². The molecule has 0 saturated heterocycles. The van der Waals surface area contributed by atoms with E-state index in [1.165, 1.54) is 0 Å². The Balaban J connectivity index is 2.76. The zero-order chi connectivity index (χ0) is 14.6. The lowest BCUT2D eigenvalue weighted by Gasteiger charge is -2.28. The summed E-state index contributed by atoms with van der Waals surface area (Å²) in [5, 5.41) is 9.27. The average Bonchev–Trinajstić information content (AvgIpc) is 2.81. The molecule has 0 aliphatic heterocycles. The Morgan fingerprint density at radius 1 is 1.37 bits per heavy atom. The SMILES string of the molecule is CCC1C[C@H](C(=O)N(C)C(C)COC)[C@H](C(=O)O)C1. The second-order valence-corrected chi connectivity index (χ2v) is 5.55. The Hall–Kier alpha value is -1.10. The molecule has 1 saturated carbocycles. The number of hydrogen-bond donors (Lipinski definition) is 1. The van der Waals surface area contributed by atoms with Crippen LogP contribution in [-0.2, 0) is 14.3 Å². The van der Waals surface area contributed by atoms with Crippen molar-refractivity contribution < 1.29 is 19.4 Å². The van der Waals surface area contributed by atoms with Gasteiger partial charge in [-0.3, -0.25) is 9.59 Å². The van der Waals surface area contributed by atoms with Crippen molar-refractivity contribution in [3.63, 3.8) is 0 Å². The quantitative estimate of drug-likeness (QED) is 0.797. The number of carboxylic acid groups (broad SMARTS) is 1. The molecule has 0 aromatic rings. The number of carbonyl (C=O) groups is 2. The van der Waals surface area contributed by atoms with Gasteiger partial charge < -0.3 is 14.7 Å². The summed E-state index contributed by atoms with van der Waals surface area (Å²) in [6, 6.07) is -0.0346. The number of methoxy groups -OCH3 is 1. The second-order valence-electron chi connectivity index (χ2n) is 5.55. The molecule has 1 rings (SSSR count). The molecule has 5 heteroatoms. The molecule has 0 bridgehead atoms. The molecule has 0 heterocycles. The topological polar surface area (TPSA) is 66.8 Å². The van der Waals surface area contributed by atoms with Gasteiger partial charge in [0.25, 0.3) is 0 Å². The van der Waals surface area contributed by atoms with Crippen molar-refractivity contribution in [2.24, 2.45) is 17.8 Å². The zero-order valence-electron chi connectivity index (χ0n) is 12.3. The van der Waals surface area contributed by atoms with Gasteiger partial charge in [0.05, 0.1) is 24.5 Å². The molecule has 110 valence electrons. The molecular weight excluding hydrogens is 246 g/mol. The highest BCUT2D eigenvalue weighted by Gasteiger charge is 2.43. The standard InChI is InChI=1S/C14H25NO4/c1-5-10-6-11(12(7-10)14(17)18)13(16)15(3)9(2)8-19-4/h9-12H,5-8H2,1-4H3,(H,17,18)/t9?,10?,11-,12+/m0/s1. The molecule has 0 aromatic heterocycles. The van der Waals surface area contributed by atoms with E-state index in [-0.39, 0.29) is 17.9 Å². The molecule has 0 aromatic carbocycles. The summed E-state index contributed by atoms with van der Waals surface area (Å²) in [7, 11) is 3.32. The highest BCUT2D eigenvalue weighted by atomic mass is 16.5. The monoisotopic (exact) mass is 271 g/mol. The molecule has 1 aliphatic carbocycles. The largest absolute Gasteiger partial charge is 0.481 e. The third-order valence-corrected chi connectivity index (χ3v) is 4.29. The number of aliphatic carboxylic acids is 1. The first kappa shape index (κ1) is 16.0. The van der Waals surface area contributed by atoms with Gasteiger partial charge in [-0.1, -0.05) is 13.3 Å². The van der Waals surface area contributed by atoms with E-state index in [1.54, 1.807) is 19.1 Å². The van der Waals surface area contributed by atoms with E-state index >= 15 is 0 Å². The third kappa shape index (κ3) is 3.69.